The van der Waals surface area contributed by atoms with Crippen molar-refractivity contribution in [2.75, 3.05) is 18.0 Å². The summed E-state index contributed by atoms with van der Waals surface area (Å²) < 4.78 is 0. The Labute approximate surface area is 130 Å². The van der Waals surface area contributed by atoms with Crippen molar-refractivity contribution in [2.45, 2.75) is 25.8 Å². The maximum atomic E-state index is 6.35. The van der Waals surface area contributed by atoms with Crippen molar-refractivity contribution in [2.24, 2.45) is 5.73 Å². The molecular formula is C16H19ClN4. The van der Waals surface area contributed by atoms with Gasteiger partial charge in [-0.25, -0.2) is 9.97 Å². The van der Waals surface area contributed by atoms with E-state index < -0.39 is 0 Å². The first-order valence-electron chi connectivity index (χ1n) is 7.24. The van der Waals surface area contributed by atoms with Crippen LogP contribution in [-0.4, -0.2) is 29.1 Å². The second kappa shape index (κ2) is 6.00. The van der Waals surface area contributed by atoms with E-state index in [9.17, 15) is 0 Å². The van der Waals surface area contributed by atoms with Gasteiger partial charge in [0.05, 0.1) is 22.6 Å². The highest BCUT2D eigenvalue weighted by Crippen LogP contribution is 2.34. The molecule has 0 amide bonds. The quantitative estimate of drug-likeness (QED) is 0.926. The summed E-state index contributed by atoms with van der Waals surface area (Å²) in [5.74, 6) is 0.752. The lowest BCUT2D eigenvalue weighted by atomic mass is 10.0. The number of halogens is 1. The number of aromatic nitrogens is 2. The molecule has 0 aliphatic carbocycles. The van der Waals surface area contributed by atoms with Gasteiger partial charge in [0.15, 0.2) is 0 Å². The van der Waals surface area contributed by atoms with Crippen LogP contribution in [0.1, 0.15) is 18.7 Å². The van der Waals surface area contributed by atoms with Crippen molar-refractivity contribution >= 4 is 17.3 Å². The van der Waals surface area contributed by atoms with E-state index in [1.165, 1.54) is 0 Å². The molecule has 0 unspecified atom stereocenters. The molecular weight excluding hydrogens is 284 g/mol. The maximum Gasteiger partial charge on any atom is 0.126 e. The van der Waals surface area contributed by atoms with Crippen molar-refractivity contribution < 1.29 is 0 Å². The van der Waals surface area contributed by atoms with Gasteiger partial charge in [-0.15, -0.1) is 0 Å². The van der Waals surface area contributed by atoms with Crippen LogP contribution in [0.2, 0.25) is 5.02 Å². The summed E-state index contributed by atoms with van der Waals surface area (Å²) in [7, 11) is 0. The molecule has 21 heavy (non-hydrogen) atoms. The zero-order valence-electron chi connectivity index (χ0n) is 12.1. The van der Waals surface area contributed by atoms with Gasteiger partial charge >= 0.3 is 0 Å². The normalized spacial score (nSPS) is 16.2. The van der Waals surface area contributed by atoms with Gasteiger partial charge in [0.2, 0.25) is 0 Å². The van der Waals surface area contributed by atoms with Gasteiger partial charge in [-0.1, -0.05) is 29.8 Å². The smallest absolute Gasteiger partial charge is 0.126 e. The van der Waals surface area contributed by atoms with E-state index >= 15 is 0 Å². The Morgan fingerprint density at radius 1 is 1.24 bits per heavy atom. The van der Waals surface area contributed by atoms with Crippen molar-refractivity contribution in [3.05, 3.63) is 41.3 Å². The molecule has 110 valence electrons. The SMILES string of the molecule is Cc1ncc(N2CCC(N)CC2)c(-c2ccccc2Cl)n1. The number of rotatable bonds is 2. The van der Waals surface area contributed by atoms with E-state index in [1.54, 1.807) is 0 Å². The number of anilines is 1. The standard InChI is InChI=1S/C16H19ClN4/c1-11-19-10-15(21-8-6-12(18)7-9-21)16(20-11)13-4-2-3-5-14(13)17/h2-5,10,12H,6-9,18H2,1H3. The van der Waals surface area contributed by atoms with E-state index in [1.807, 2.05) is 37.4 Å². The summed E-state index contributed by atoms with van der Waals surface area (Å²) >= 11 is 6.35. The molecule has 5 heteroatoms. The molecule has 1 aliphatic heterocycles. The van der Waals surface area contributed by atoms with Gasteiger partial charge < -0.3 is 10.6 Å². The topological polar surface area (TPSA) is 55.0 Å². The Bertz CT molecular complexity index is 636. The number of hydrogen-bond acceptors (Lipinski definition) is 4. The summed E-state index contributed by atoms with van der Waals surface area (Å²) in [6, 6.07) is 8.11. The summed E-state index contributed by atoms with van der Waals surface area (Å²) in [6.07, 6.45) is 3.89. The van der Waals surface area contributed by atoms with Crippen LogP contribution < -0.4 is 10.6 Å². The largest absolute Gasteiger partial charge is 0.368 e. The fourth-order valence-electron chi connectivity index (χ4n) is 2.69. The molecule has 2 aromatic rings. The molecule has 1 fully saturated rings. The van der Waals surface area contributed by atoms with E-state index in [0.29, 0.717) is 11.1 Å². The Morgan fingerprint density at radius 2 is 1.95 bits per heavy atom. The second-order valence-electron chi connectivity index (χ2n) is 5.46. The van der Waals surface area contributed by atoms with Crippen LogP contribution in [0.5, 0.6) is 0 Å². The fraction of sp³-hybridized carbons (Fsp3) is 0.375. The Balaban J connectivity index is 2.03. The lowest BCUT2D eigenvalue weighted by Gasteiger charge is -2.32. The molecule has 0 saturated carbocycles. The molecule has 1 aromatic carbocycles. The molecule has 2 heterocycles. The Kier molecular flexibility index (Phi) is 4.08. The van der Waals surface area contributed by atoms with Crippen LogP contribution in [0.15, 0.2) is 30.5 Å². The predicted molar refractivity (Wildman–Crippen MR) is 86.6 cm³/mol. The van der Waals surface area contributed by atoms with Gasteiger partial charge in [-0.3, -0.25) is 0 Å². The maximum absolute atomic E-state index is 6.35. The van der Waals surface area contributed by atoms with Crippen LogP contribution in [0, 0.1) is 6.92 Å². The van der Waals surface area contributed by atoms with Gasteiger partial charge in [0, 0.05) is 24.7 Å². The average molecular weight is 303 g/mol. The van der Waals surface area contributed by atoms with Gasteiger partial charge in [-0.2, -0.15) is 0 Å². The molecule has 0 bridgehead atoms. The third-order valence-electron chi connectivity index (χ3n) is 3.90. The third-order valence-corrected chi connectivity index (χ3v) is 4.23. The lowest BCUT2D eigenvalue weighted by molar-refractivity contribution is 0.501. The first-order chi connectivity index (χ1) is 10.1. The molecule has 1 saturated heterocycles. The number of benzene rings is 1. The van der Waals surface area contributed by atoms with Crippen LogP contribution in [0.4, 0.5) is 5.69 Å². The lowest BCUT2D eigenvalue weighted by Crippen LogP contribution is -2.40. The minimum absolute atomic E-state index is 0.302. The minimum Gasteiger partial charge on any atom is -0.368 e. The number of nitrogens with two attached hydrogens (primary N) is 1. The van der Waals surface area contributed by atoms with Crippen molar-refractivity contribution in [1.29, 1.82) is 0 Å². The third kappa shape index (κ3) is 3.01. The first kappa shape index (κ1) is 14.3. The molecule has 1 aliphatic rings. The zero-order chi connectivity index (χ0) is 14.8. The second-order valence-corrected chi connectivity index (χ2v) is 5.86. The summed E-state index contributed by atoms with van der Waals surface area (Å²) in [5, 5.41) is 0.713. The molecule has 0 radical (unpaired) electrons. The van der Waals surface area contributed by atoms with Crippen molar-refractivity contribution in [1.82, 2.24) is 9.97 Å². The van der Waals surface area contributed by atoms with E-state index in [4.69, 9.17) is 17.3 Å². The minimum atomic E-state index is 0.302. The highest BCUT2D eigenvalue weighted by Gasteiger charge is 2.21. The highest BCUT2D eigenvalue weighted by molar-refractivity contribution is 6.33. The summed E-state index contributed by atoms with van der Waals surface area (Å²) in [6.45, 7) is 3.77. The number of hydrogen-bond donors (Lipinski definition) is 1. The van der Waals surface area contributed by atoms with Crippen LogP contribution in [0.3, 0.4) is 0 Å². The Hall–Kier alpha value is -1.65. The van der Waals surface area contributed by atoms with Crippen molar-refractivity contribution in [3.8, 4) is 11.3 Å². The molecule has 0 atom stereocenters. The molecule has 2 N–H and O–H groups in total. The molecule has 4 nitrogen and oxygen atoms in total. The van der Waals surface area contributed by atoms with Crippen molar-refractivity contribution in [3.63, 3.8) is 0 Å². The summed E-state index contributed by atoms with van der Waals surface area (Å²) in [5.41, 5.74) is 8.89. The monoisotopic (exact) mass is 302 g/mol. The summed E-state index contributed by atoms with van der Waals surface area (Å²) in [4.78, 5) is 11.3. The van der Waals surface area contributed by atoms with Gasteiger partial charge in [0.25, 0.3) is 0 Å². The average Bonchev–Trinajstić information content (AvgIpc) is 2.49. The zero-order valence-corrected chi connectivity index (χ0v) is 12.8. The molecule has 3 rings (SSSR count). The molecule has 0 spiro atoms. The Morgan fingerprint density at radius 3 is 2.67 bits per heavy atom. The fourth-order valence-corrected chi connectivity index (χ4v) is 2.91. The van der Waals surface area contributed by atoms with Gasteiger partial charge in [0.1, 0.15) is 5.82 Å². The van der Waals surface area contributed by atoms with Crippen LogP contribution in [0.25, 0.3) is 11.3 Å². The van der Waals surface area contributed by atoms with E-state index in [-0.39, 0.29) is 0 Å². The molecule has 1 aromatic heterocycles. The van der Waals surface area contributed by atoms with E-state index in [0.717, 1.165) is 48.7 Å². The van der Waals surface area contributed by atoms with Gasteiger partial charge in [-0.05, 0) is 25.8 Å². The number of piperidine rings is 1. The number of nitrogens with zero attached hydrogens (tertiary/aromatic N) is 3. The van der Waals surface area contributed by atoms with E-state index in [2.05, 4.69) is 14.9 Å². The highest BCUT2D eigenvalue weighted by atomic mass is 35.5. The first-order valence-corrected chi connectivity index (χ1v) is 7.62. The number of aryl methyl sites for hydroxylation is 1. The van der Waals surface area contributed by atoms with Crippen LogP contribution >= 0.6 is 11.6 Å². The van der Waals surface area contributed by atoms with Crippen LogP contribution in [-0.2, 0) is 0 Å². The predicted octanol–water partition coefficient (Wildman–Crippen LogP) is 3.03.